The summed E-state index contributed by atoms with van der Waals surface area (Å²) in [6.45, 7) is 0. The Labute approximate surface area is 61.8 Å². The topological polar surface area (TPSA) is 82.3 Å². The van der Waals surface area contributed by atoms with Gasteiger partial charge in [0.25, 0.3) is 11.8 Å². The second-order valence-corrected chi connectivity index (χ2v) is 1.90. The molecule has 0 radical (unpaired) electrons. The van der Waals surface area contributed by atoms with E-state index in [-0.39, 0.29) is 12.8 Å². The van der Waals surface area contributed by atoms with Crippen molar-refractivity contribution >= 4 is 17.8 Å². The molecule has 1 aliphatic heterocycles. The largest absolute Gasteiger partial charge is 0.402 e. The molecule has 0 saturated carbocycles. The lowest BCUT2D eigenvalue weighted by Crippen LogP contribution is -2.22. The fourth-order valence-corrected chi connectivity index (χ4v) is 0.741. The molecule has 1 fully saturated rings. The van der Waals surface area contributed by atoms with Gasteiger partial charge in [0, 0.05) is 12.8 Å². The molecule has 1 aliphatic rings. The number of hydrogen-bond acceptors (Lipinski definition) is 5. The Balaban J connectivity index is 2.77. The van der Waals surface area contributed by atoms with Crippen LogP contribution in [0.4, 0.5) is 0 Å². The number of amides is 2. The van der Waals surface area contributed by atoms with Gasteiger partial charge < -0.3 is 5.21 Å². The van der Waals surface area contributed by atoms with Crippen LogP contribution in [0.2, 0.25) is 0 Å². The van der Waals surface area contributed by atoms with Gasteiger partial charge in [-0.3, -0.25) is 9.59 Å². The highest BCUT2D eigenvalue weighted by atomic mass is 16.4. The SMILES string of the molecule is O=C1CCC(=O)N1N=C=NO. The second-order valence-electron chi connectivity index (χ2n) is 1.90. The number of hydrogen-bond donors (Lipinski definition) is 1. The average Bonchev–Trinajstić information content (AvgIpc) is 2.29. The molecule has 0 aromatic carbocycles. The maximum absolute atomic E-state index is 10.7. The first-order valence-electron chi connectivity index (χ1n) is 2.91. The Morgan fingerprint density at radius 3 is 2.36 bits per heavy atom. The van der Waals surface area contributed by atoms with E-state index < -0.39 is 11.8 Å². The standard InChI is InChI=1S/C5H5N3O3/c9-4-1-2-5(10)8(4)6-3-7-11/h11H,1-2H2. The third kappa shape index (κ3) is 1.42. The summed E-state index contributed by atoms with van der Waals surface area (Å²) < 4.78 is 0. The molecule has 0 spiro atoms. The fraction of sp³-hybridized carbons (Fsp3) is 0.400. The monoisotopic (exact) mass is 155 g/mol. The van der Waals surface area contributed by atoms with E-state index in [4.69, 9.17) is 5.21 Å². The van der Waals surface area contributed by atoms with Crippen LogP contribution in [0.3, 0.4) is 0 Å². The number of carbonyl (C=O) groups excluding carboxylic acids is 2. The van der Waals surface area contributed by atoms with E-state index in [1.807, 2.05) is 0 Å². The zero-order chi connectivity index (χ0) is 8.27. The minimum atomic E-state index is -0.397. The zero-order valence-corrected chi connectivity index (χ0v) is 5.52. The molecule has 1 saturated heterocycles. The van der Waals surface area contributed by atoms with Crippen LogP contribution in [0.5, 0.6) is 0 Å². The summed E-state index contributed by atoms with van der Waals surface area (Å²) in [4.78, 5) is 21.5. The minimum Gasteiger partial charge on any atom is -0.402 e. The van der Waals surface area contributed by atoms with Crippen LogP contribution in [0.1, 0.15) is 12.8 Å². The van der Waals surface area contributed by atoms with Gasteiger partial charge in [-0.25, -0.2) is 0 Å². The van der Waals surface area contributed by atoms with Crippen molar-refractivity contribution in [2.75, 3.05) is 0 Å². The highest BCUT2D eigenvalue weighted by molar-refractivity contribution is 6.01. The first-order valence-corrected chi connectivity index (χ1v) is 2.91. The number of hydrazone groups is 1. The number of rotatable bonds is 1. The smallest absolute Gasteiger partial charge is 0.251 e. The van der Waals surface area contributed by atoms with Crippen molar-refractivity contribution in [3.05, 3.63) is 0 Å². The van der Waals surface area contributed by atoms with Gasteiger partial charge in [-0.15, -0.1) is 0 Å². The zero-order valence-electron chi connectivity index (χ0n) is 5.52. The van der Waals surface area contributed by atoms with Crippen molar-refractivity contribution in [2.24, 2.45) is 10.3 Å². The van der Waals surface area contributed by atoms with Crippen molar-refractivity contribution in [3.63, 3.8) is 0 Å². The molecule has 1 heterocycles. The Hall–Kier alpha value is -1.68. The summed E-state index contributed by atoms with van der Waals surface area (Å²) in [6, 6.07) is 1.74. The van der Waals surface area contributed by atoms with Gasteiger partial charge in [-0.2, -0.15) is 5.01 Å². The first kappa shape index (κ1) is 7.43. The summed E-state index contributed by atoms with van der Waals surface area (Å²) in [6.07, 6.45) is 0.324. The van der Waals surface area contributed by atoms with E-state index in [1.165, 1.54) is 0 Å². The molecule has 6 heteroatoms. The minimum absolute atomic E-state index is 0.162. The normalized spacial score (nSPS) is 16.5. The Kier molecular flexibility index (Phi) is 1.98. The van der Waals surface area contributed by atoms with E-state index in [1.54, 1.807) is 6.01 Å². The van der Waals surface area contributed by atoms with E-state index in [9.17, 15) is 9.59 Å². The molecule has 0 bridgehead atoms. The number of nitrogens with zero attached hydrogens (tertiary/aromatic N) is 3. The van der Waals surface area contributed by atoms with Gasteiger partial charge in [-0.1, -0.05) is 5.10 Å². The van der Waals surface area contributed by atoms with Gasteiger partial charge in [0.15, 0.2) is 6.01 Å². The van der Waals surface area contributed by atoms with Gasteiger partial charge in [0.1, 0.15) is 0 Å². The predicted molar refractivity (Wildman–Crippen MR) is 32.7 cm³/mol. The molecule has 58 valence electrons. The Morgan fingerprint density at radius 1 is 1.36 bits per heavy atom. The second kappa shape index (κ2) is 2.94. The Morgan fingerprint density at radius 2 is 1.91 bits per heavy atom. The summed E-state index contributed by atoms with van der Waals surface area (Å²) in [5.74, 6) is -0.794. The molecule has 1 rings (SSSR count). The maximum Gasteiger partial charge on any atom is 0.251 e. The van der Waals surface area contributed by atoms with Gasteiger partial charge in [0.2, 0.25) is 0 Å². The lowest BCUT2D eigenvalue weighted by molar-refractivity contribution is -0.138. The molecular weight excluding hydrogens is 150 g/mol. The Bertz CT molecular complexity index is 238. The summed E-state index contributed by atoms with van der Waals surface area (Å²) in [7, 11) is 0. The summed E-state index contributed by atoms with van der Waals surface area (Å²) in [5.41, 5.74) is 0. The molecule has 0 aliphatic carbocycles. The van der Waals surface area contributed by atoms with Crippen molar-refractivity contribution < 1.29 is 14.8 Å². The molecule has 0 unspecified atom stereocenters. The number of carbonyl (C=O) groups is 2. The predicted octanol–water partition coefficient (Wildman–Crippen LogP) is -0.387. The van der Waals surface area contributed by atoms with Crippen molar-refractivity contribution in [2.45, 2.75) is 12.8 Å². The fourth-order valence-electron chi connectivity index (χ4n) is 0.741. The van der Waals surface area contributed by atoms with Crippen LogP contribution in [-0.2, 0) is 9.59 Å². The van der Waals surface area contributed by atoms with Gasteiger partial charge >= 0.3 is 0 Å². The average molecular weight is 155 g/mol. The molecule has 0 aromatic heterocycles. The van der Waals surface area contributed by atoms with E-state index in [0.717, 1.165) is 0 Å². The third-order valence-corrected chi connectivity index (χ3v) is 1.21. The highest BCUT2D eigenvalue weighted by Crippen LogP contribution is 2.10. The highest BCUT2D eigenvalue weighted by Gasteiger charge is 2.28. The molecule has 0 atom stereocenters. The van der Waals surface area contributed by atoms with Crippen LogP contribution in [0, 0.1) is 0 Å². The summed E-state index contributed by atoms with van der Waals surface area (Å²) >= 11 is 0. The quantitative estimate of drug-likeness (QED) is 0.242. The van der Waals surface area contributed by atoms with Crippen LogP contribution in [0.15, 0.2) is 10.3 Å². The lowest BCUT2D eigenvalue weighted by Gasteiger charge is -2.00. The summed E-state index contributed by atoms with van der Waals surface area (Å²) in [5, 5.41) is 14.1. The lowest BCUT2D eigenvalue weighted by atomic mass is 10.4. The molecule has 2 amide bonds. The molecule has 0 aromatic rings. The third-order valence-electron chi connectivity index (χ3n) is 1.21. The maximum atomic E-state index is 10.7. The molecule has 1 N–H and O–H groups in total. The van der Waals surface area contributed by atoms with Gasteiger partial charge in [0.05, 0.1) is 0 Å². The van der Waals surface area contributed by atoms with E-state index >= 15 is 0 Å². The number of imide groups is 1. The van der Waals surface area contributed by atoms with Crippen molar-refractivity contribution in [1.29, 1.82) is 0 Å². The van der Waals surface area contributed by atoms with Crippen LogP contribution < -0.4 is 0 Å². The molecule has 6 nitrogen and oxygen atoms in total. The van der Waals surface area contributed by atoms with E-state index in [2.05, 4.69) is 10.3 Å². The first-order chi connectivity index (χ1) is 5.25. The molecular formula is C5H5N3O3. The van der Waals surface area contributed by atoms with Gasteiger partial charge in [-0.05, 0) is 5.16 Å². The van der Waals surface area contributed by atoms with Crippen LogP contribution in [0.25, 0.3) is 0 Å². The van der Waals surface area contributed by atoms with Crippen molar-refractivity contribution in [3.8, 4) is 0 Å². The van der Waals surface area contributed by atoms with Crippen molar-refractivity contribution in [1.82, 2.24) is 5.01 Å². The van der Waals surface area contributed by atoms with Crippen LogP contribution >= 0.6 is 0 Å². The van der Waals surface area contributed by atoms with Crippen LogP contribution in [-0.4, -0.2) is 28.0 Å². The molecule has 11 heavy (non-hydrogen) atoms. The van der Waals surface area contributed by atoms with E-state index in [0.29, 0.717) is 5.01 Å².